The van der Waals surface area contributed by atoms with Crippen molar-refractivity contribution < 1.29 is 22.5 Å². The maximum atomic E-state index is 11.9. The van der Waals surface area contributed by atoms with E-state index in [0.29, 0.717) is 16.6 Å². The summed E-state index contributed by atoms with van der Waals surface area (Å²) in [4.78, 5) is 11.4. The van der Waals surface area contributed by atoms with Gasteiger partial charge in [-0.3, -0.25) is 4.55 Å². The zero-order valence-corrected chi connectivity index (χ0v) is 16.6. The van der Waals surface area contributed by atoms with Crippen LogP contribution in [0.25, 0.3) is 10.8 Å². The molecule has 0 aliphatic carbocycles. The highest BCUT2D eigenvalue weighted by Crippen LogP contribution is 2.40. The standard InChI is InChI=1S/C19H17N5O5S/c1-2-29-19(25)12-7-9-13(10-8-12)21-22-16-11-17(30(26,27)28)14-5-3-4-6-15(14)18(16)23-24-20/h3-11H,2H2,1H3,(H2,20,23)(H,26,27,28). The van der Waals surface area contributed by atoms with Gasteiger partial charge < -0.3 is 10.6 Å². The van der Waals surface area contributed by atoms with Crippen LogP contribution in [0, 0.1) is 0 Å². The largest absolute Gasteiger partial charge is 0.462 e. The van der Waals surface area contributed by atoms with Gasteiger partial charge in [0.15, 0.2) is 0 Å². The third kappa shape index (κ3) is 4.47. The molecule has 0 atom stereocenters. The number of fused-ring (bicyclic) bond motifs is 1. The van der Waals surface area contributed by atoms with Crippen LogP contribution in [-0.4, -0.2) is 25.5 Å². The molecule has 0 fully saturated rings. The number of hydrogen-bond donors (Lipinski definition) is 2. The van der Waals surface area contributed by atoms with E-state index in [4.69, 9.17) is 10.6 Å². The number of ether oxygens (including phenoxy) is 1. The molecule has 11 heteroatoms. The first-order valence-corrected chi connectivity index (χ1v) is 10.1. The quantitative estimate of drug-likeness (QED) is 0.192. The first-order chi connectivity index (χ1) is 14.3. The Kier molecular flexibility index (Phi) is 6.14. The molecule has 3 rings (SSSR count). The molecule has 0 heterocycles. The Hall–Kier alpha value is -3.70. The van der Waals surface area contributed by atoms with Crippen LogP contribution in [-0.2, 0) is 14.9 Å². The predicted octanol–water partition coefficient (Wildman–Crippen LogP) is 4.64. The molecule has 0 saturated carbocycles. The number of nitrogens with zero attached hydrogens (tertiary/aromatic N) is 4. The summed E-state index contributed by atoms with van der Waals surface area (Å²) in [5.41, 5.74) is 0.963. The van der Waals surface area contributed by atoms with Gasteiger partial charge in [-0.1, -0.05) is 29.5 Å². The SMILES string of the molecule is CCOC(=O)c1ccc(N=Nc2cc(S(=O)(=O)O)c3ccccc3c2N=NN)cc1. The van der Waals surface area contributed by atoms with E-state index >= 15 is 0 Å². The van der Waals surface area contributed by atoms with Crippen LogP contribution < -0.4 is 5.84 Å². The van der Waals surface area contributed by atoms with Crippen molar-refractivity contribution in [2.24, 2.45) is 26.4 Å². The molecular weight excluding hydrogens is 410 g/mol. The number of esters is 1. The summed E-state index contributed by atoms with van der Waals surface area (Å²) in [7, 11) is -4.54. The minimum absolute atomic E-state index is 0.0324. The Morgan fingerprint density at radius 1 is 1.03 bits per heavy atom. The molecule has 0 unspecified atom stereocenters. The number of azo groups is 1. The van der Waals surface area contributed by atoms with Crippen molar-refractivity contribution >= 4 is 43.9 Å². The maximum absolute atomic E-state index is 11.9. The lowest BCUT2D eigenvalue weighted by Gasteiger charge is -2.08. The van der Waals surface area contributed by atoms with Crippen LogP contribution in [0.15, 0.2) is 80.1 Å². The molecule has 0 aliphatic heterocycles. The fourth-order valence-electron chi connectivity index (χ4n) is 2.76. The molecule has 30 heavy (non-hydrogen) atoms. The number of benzene rings is 3. The molecular formula is C19H17N5O5S. The molecule has 0 saturated heterocycles. The normalized spacial score (nSPS) is 12.1. The van der Waals surface area contributed by atoms with Crippen molar-refractivity contribution in [1.29, 1.82) is 0 Å². The summed E-state index contributed by atoms with van der Waals surface area (Å²) >= 11 is 0. The molecule has 0 spiro atoms. The number of rotatable bonds is 6. The van der Waals surface area contributed by atoms with Gasteiger partial charge in [0.1, 0.15) is 16.3 Å². The summed E-state index contributed by atoms with van der Waals surface area (Å²) in [6.45, 7) is 1.97. The van der Waals surface area contributed by atoms with Crippen molar-refractivity contribution in [2.45, 2.75) is 11.8 Å². The Morgan fingerprint density at radius 3 is 2.30 bits per heavy atom. The molecule has 10 nitrogen and oxygen atoms in total. The van der Waals surface area contributed by atoms with Crippen molar-refractivity contribution in [3.63, 3.8) is 0 Å². The van der Waals surface area contributed by atoms with E-state index in [9.17, 15) is 17.8 Å². The molecule has 3 aromatic rings. The summed E-state index contributed by atoms with van der Waals surface area (Å²) in [6, 6.07) is 13.7. The van der Waals surface area contributed by atoms with Crippen LogP contribution in [0.1, 0.15) is 17.3 Å². The average molecular weight is 427 g/mol. The van der Waals surface area contributed by atoms with Gasteiger partial charge in [-0.05, 0) is 37.3 Å². The van der Waals surface area contributed by atoms with E-state index in [1.54, 1.807) is 37.3 Å². The summed E-state index contributed by atoms with van der Waals surface area (Å²) in [5, 5.41) is 15.8. The van der Waals surface area contributed by atoms with Gasteiger partial charge in [0.05, 0.1) is 17.9 Å². The summed E-state index contributed by atoms with van der Waals surface area (Å²) < 4.78 is 38.3. The lowest BCUT2D eigenvalue weighted by molar-refractivity contribution is 0.0526. The molecule has 0 aliphatic rings. The molecule has 0 amide bonds. The van der Waals surface area contributed by atoms with Gasteiger partial charge in [0.2, 0.25) is 0 Å². The van der Waals surface area contributed by atoms with Crippen LogP contribution in [0.3, 0.4) is 0 Å². The topological polar surface area (TPSA) is 156 Å². The molecule has 0 aromatic heterocycles. The highest BCUT2D eigenvalue weighted by molar-refractivity contribution is 7.86. The molecule has 0 radical (unpaired) electrons. The van der Waals surface area contributed by atoms with E-state index in [0.717, 1.165) is 6.07 Å². The van der Waals surface area contributed by atoms with Crippen molar-refractivity contribution in [3.8, 4) is 0 Å². The Balaban J connectivity index is 2.09. The minimum Gasteiger partial charge on any atom is -0.462 e. The van der Waals surface area contributed by atoms with Gasteiger partial charge in [-0.2, -0.15) is 13.5 Å². The first kappa shape index (κ1) is 21.0. The van der Waals surface area contributed by atoms with Crippen molar-refractivity contribution in [1.82, 2.24) is 0 Å². The number of nitrogens with two attached hydrogens (primary N) is 1. The summed E-state index contributed by atoms with van der Waals surface area (Å²) in [6.07, 6.45) is 0. The Morgan fingerprint density at radius 2 is 1.70 bits per heavy atom. The van der Waals surface area contributed by atoms with Gasteiger partial charge >= 0.3 is 5.97 Å². The smallest absolute Gasteiger partial charge is 0.338 e. The minimum atomic E-state index is -4.54. The molecule has 154 valence electrons. The number of hydrogen-bond acceptors (Lipinski definition) is 8. The fourth-order valence-corrected chi connectivity index (χ4v) is 3.47. The zero-order chi connectivity index (χ0) is 21.7. The van der Waals surface area contributed by atoms with E-state index in [1.165, 1.54) is 18.2 Å². The number of carbonyl (C=O) groups is 1. The third-order valence-corrected chi connectivity index (χ3v) is 4.94. The Labute approximate surface area is 171 Å². The van der Waals surface area contributed by atoms with E-state index in [-0.39, 0.29) is 28.3 Å². The van der Waals surface area contributed by atoms with Crippen LogP contribution in [0.5, 0.6) is 0 Å². The van der Waals surface area contributed by atoms with Crippen molar-refractivity contribution in [3.05, 3.63) is 60.2 Å². The highest BCUT2D eigenvalue weighted by atomic mass is 32.2. The highest BCUT2D eigenvalue weighted by Gasteiger charge is 2.19. The maximum Gasteiger partial charge on any atom is 0.338 e. The lowest BCUT2D eigenvalue weighted by Crippen LogP contribution is -2.03. The Bertz CT molecular complexity index is 1250. The van der Waals surface area contributed by atoms with Gasteiger partial charge in [0, 0.05) is 10.8 Å². The molecule has 3 N–H and O–H groups in total. The lowest BCUT2D eigenvalue weighted by atomic mass is 10.1. The average Bonchev–Trinajstić information content (AvgIpc) is 2.73. The van der Waals surface area contributed by atoms with Crippen molar-refractivity contribution in [2.75, 3.05) is 6.61 Å². The predicted molar refractivity (Wildman–Crippen MR) is 109 cm³/mol. The van der Waals surface area contributed by atoms with Crippen LogP contribution in [0.2, 0.25) is 0 Å². The second-order valence-electron chi connectivity index (χ2n) is 5.95. The van der Waals surface area contributed by atoms with Gasteiger partial charge in [-0.15, -0.1) is 10.2 Å². The fraction of sp³-hybridized carbons (Fsp3) is 0.105. The van der Waals surface area contributed by atoms with Gasteiger partial charge in [0.25, 0.3) is 10.1 Å². The number of carbonyl (C=O) groups excluding carboxylic acids is 1. The van der Waals surface area contributed by atoms with E-state index in [1.807, 2.05) is 0 Å². The molecule has 0 bridgehead atoms. The van der Waals surface area contributed by atoms with Gasteiger partial charge in [-0.25, -0.2) is 4.79 Å². The third-order valence-electron chi connectivity index (χ3n) is 4.05. The van der Waals surface area contributed by atoms with E-state index < -0.39 is 16.1 Å². The molecule has 3 aromatic carbocycles. The van der Waals surface area contributed by atoms with E-state index in [2.05, 4.69) is 20.6 Å². The zero-order valence-electron chi connectivity index (χ0n) is 15.8. The van der Waals surface area contributed by atoms with Crippen LogP contribution >= 0.6 is 0 Å². The summed E-state index contributed by atoms with van der Waals surface area (Å²) in [5.74, 6) is 4.74. The van der Waals surface area contributed by atoms with Crippen LogP contribution in [0.4, 0.5) is 17.1 Å². The monoisotopic (exact) mass is 427 g/mol. The first-order valence-electron chi connectivity index (χ1n) is 8.68. The second-order valence-corrected chi connectivity index (χ2v) is 7.34. The second kappa shape index (κ2) is 8.76.